The lowest BCUT2D eigenvalue weighted by Gasteiger charge is -2.22. The molecule has 0 saturated heterocycles. The highest BCUT2D eigenvalue weighted by atomic mass is 32.2. The van der Waals surface area contributed by atoms with E-state index >= 15 is 0 Å². The van der Waals surface area contributed by atoms with Crippen LogP contribution in [0.4, 0.5) is 5.69 Å². The van der Waals surface area contributed by atoms with Crippen molar-refractivity contribution in [2.24, 2.45) is 4.99 Å². The van der Waals surface area contributed by atoms with Gasteiger partial charge in [0.2, 0.25) is 0 Å². The normalized spacial score (nSPS) is 19.1. The molecule has 1 saturated carbocycles. The third-order valence-electron chi connectivity index (χ3n) is 3.25. The van der Waals surface area contributed by atoms with Crippen molar-refractivity contribution in [1.82, 2.24) is 5.43 Å². The van der Waals surface area contributed by atoms with Gasteiger partial charge in [0.15, 0.2) is 9.84 Å². The van der Waals surface area contributed by atoms with Crippen LogP contribution < -0.4 is 10.4 Å². The van der Waals surface area contributed by atoms with Crippen molar-refractivity contribution in [3.8, 4) is 0 Å². The zero-order chi connectivity index (χ0) is 12.8. The third kappa shape index (κ3) is 1.96. The van der Waals surface area contributed by atoms with Gasteiger partial charge in [-0.2, -0.15) is 0 Å². The van der Waals surface area contributed by atoms with E-state index < -0.39 is 9.84 Å². The molecular weight excluding hydrogens is 250 g/mol. The number of benzene rings is 1. The molecule has 1 aromatic rings. The maximum absolute atomic E-state index is 11.9. The Morgan fingerprint density at radius 1 is 1.39 bits per heavy atom. The van der Waals surface area contributed by atoms with Crippen LogP contribution in [0.3, 0.4) is 0 Å². The molecule has 3 rings (SSSR count). The van der Waals surface area contributed by atoms with Gasteiger partial charge in [0.05, 0.1) is 10.6 Å². The Balaban J connectivity index is 2.13. The molecular formula is C12H15N3O2S. The van der Waals surface area contributed by atoms with E-state index in [0.717, 1.165) is 24.1 Å². The van der Waals surface area contributed by atoms with E-state index in [1.54, 1.807) is 18.5 Å². The van der Waals surface area contributed by atoms with Gasteiger partial charge in [0, 0.05) is 6.26 Å². The summed E-state index contributed by atoms with van der Waals surface area (Å²) in [4.78, 5) is 4.55. The van der Waals surface area contributed by atoms with E-state index in [1.807, 2.05) is 11.1 Å². The van der Waals surface area contributed by atoms with Crippen LogP contribution in [0.25, 0.3) is 0 Å². The van der Waals surface area contributed by atoms with Crippen molar-refractivity contribution in [2.45, 2.75) is 23.7 Å². The number of sulfone groups is 1. The van der Waals surface area contributed by atoms with E-state index in [-0.39, 0.29) is 0 Å². The van der Waals surface area contributed by atoms with Crippen LogP contribution >= 0.6 is 0 Å². The minimum Gasteiger partial charge on any atom is -0.286 e. The molecule has 96 valence electrons. The van der Waals surface area contributed by atoms with E-state index in [0.29, 0.717) is 17.5 Å². The number of aliphatic imine (C=N–C) groups is 1. The monoisotopic (exact) mass is 265 g/mol. The smallest absolute Gasteiger partial charge is 0.175 e. The van der Waals surface area contributed by atoms with Crippen LogP contribution in [0.15, 0.2) is 28.1 Å². The fraction of sp³-hybridized carbons (Fsp3) is 0.417. The highest BCUT2D eigenvalue weighted by Gasteiger charge is 2.33. The van der Waals surface area contributed by atoms with E-state index in [1.165, 1.54) is 6.26 Å². The third-order valence-corrected chi connectivity index (χ3v) is 4.40. The summed E-state index contributed by atoms with van der Waals surface area (Å²) in [6, 6.07) is 5.44. The molecule has 0 aromatic heterocycles. The molecule has 1 aromatic carbocycles. The van der Waals surface area contributed by atoms with Gasteiger partial charge in [0.1, 0.15) is 13.0 Å². The Labute approximate surface area is 106 Å². The average molecular weight is 265 g/mol. The Morgan fingerprint density at radius 2 is 2.17 bits per heavy atom. The van der Waals surface area contributed by atoms with Gasteiger partial charge in [-0.25, -0.2) is 8.42 Å². The molecule has 0 atom stereocenters. The lowest BCUT2D eigenvalue weighted by Crippen LogP contribution is -2.32. The number of hydrogen-bond donors (Lipinski definition) is 1. The van der Waals surface area contributed by atoms with Crippen molar-refractivity contribution < 1.29 is 8.42 Å². The Hall–Kier alpha value is -1.56. The molecule has 18 heavy (non-hydrogen) atoms. The molecule has 0 unspecified atom stereocenters. The SMILES string of the molecule is CS(=O)(=O)c1cccc(N2CN=CN2)c1C1CC1. The van der Waals surface area contributed by atoms with Crippen LogP contribution in [0.2, 0.25) is 0 Å². The van der Waals surface area contributed by atoms with Crippen molar-refractivity contribution in [3.05, 3.63) is 23.8 Å². The van der Waals surface area contributed by atoms with Gasteiger partial charge in [0.25, 0.3) is 0 Å². The minimum absolute atomic E-state index is 0.369. The second-order valence-electron chi connectivity index (χ2n) is 4.75. The number of rotatable bonds is 3. The first-order chi connectivity index (χ1) is 8.57. The van der Waals surface area contributed by atoms with Gasteiger partial charge in [-0.3, -0.25) is 15.4 Å². The number of nitrogens with one attached hydrogen (secondary N) is 1. The Morgan fingerprint density at radius 3 is 2.72 bits per heavy atom. The van der Waals surface area contributed by atoms with E-state index in [4.69, 9.17) is 0 Å². The van der Waals surface area contributed by atoms with E-state index in [9.17, 15) is 8.42 Å². The molecule has 1 aliphatic heterocycles. The molecule has 1 N–H and O–H groups in total. The first-order valence-electron chi connectivity index (χ1n) is 5.92. The molecule has 0 spiro atoms. The lowest BCUT2D eigenvalue weighted by atomic mass is 10.1. The number of hydrogen-bond acceptors (Lipinski definition) is 5. The van der Waals surface area contributed by atoms with Crippen LogP contribution in [0.1, 0.15) is 24.3 Å². The molecule has 6 heteroatoms. The summed E-state index contributed by atoms with van der Waals surface area (Å²) in [5, 5.41) is 1.88. The largest absolute Gasteiger partial charge is 0.286 e. The second kappa shape index (κ2) is 3.98. The fourth-order valence-corrected chi connectivity index (χ4v) is 3.29. The number of hydrazine groups is 1. The van der Waals surface area contributed by atoms with Gasteiger partial charge < -0.3 is 0 Å². The first-order valence-corrected chi connectivity index (χ1v) is 7.81. The fourth-order valence-electron chi connectivity index (χ4n) is 2.29. The molecule has 0 radical (unpaired) electrons. The summed E-state index contributed by atoms with van der Waals surface area (Å²) in [5.41, 5.74) is 4.89. The van der Waals surface area contributed by atoms with Gasteiger partial charge in [-0.1, -0.05) is 6.07 Å². The Bertz CT molecular complexity index is 598. The molecule has 0 amide bonds. The van der Waals surface area contributed by atoms with Gasteiger partial charge in [-0.05, 0) is 36.5 Å². The quantitative estimate of drug-likeness (QED) is 0.894. The zero-order valence-corrected chi connectivity index (χ0v) is 10.9. The summed E-state index contributed by atoms with van der Waals surface area (Å²) in [5.74, 6) is 0.369. The molecule has 1 aliphatic carbocycles. The summed E-state index contributed by atoms with van der Waals surface area (Å²) in [6.07, 6.45) is 5.03. The summed E-state index contributed by atoms with van der Waals surface area (Å²) >= 11 is 0. The van der Waals surface area contributed by atoms with Crippen molar-refractivity contribution in [3.63, 3.8) is 0 Å². The maximum atomic E-state index is 11.9. The topological polar surface area (TPSA) is 61.8 Å². The molecule has 1 heterocycles. The highest BCUT2D eigenvalue weighted by molar-refractivity contribution is 7.90. The summed E-state index contributed by atoms with van der Waals surface area (Å²) in [6.45, 7) is 0.521. The number of anilines is 1. The van der Waals surface area contributed by atoms with Crippen LogP contribution in [-0.2, 0) is 9.84 Å². The minimum atomic E-state index is -3.19. The molecule has 5 nitrogen and oxygen atoms in total. The van der Waals surface area contributed by atoms with E-state index in [2.05, 4.69) is 10.4 Å². The van der Waals surface area contributed by atoms with Crippen molar-refractivity contribution in [1.29, 1.82) is 0 Å². The number of nitrogens with zero attached hydrogens (tertiary/aromatic N) is 2. The van der Waals surface area contributed by atoms with Gasteiger partial charge in [-0.15, -0.1) is 0 Å². The maximum Gasteiger partial charge on any atom is 0.175 e. The molecule has 2 aliphatic rings. The van der Waals surface area contributed by atoms with Crippen molar-refractivity contribution in [2.75, 3.05) is 17.9 Å². The standard InChI is InChI=1S/C12H15N3O2S/c1-18(16,17)11-4-2-3-10(12(11)9-5-6-9)15-8-13-7-14-15/h2-4,7,9H,5-6,8H2,1H3,(H,13,14). The predicted molar refractivity (Wildman–Crippen MR) is 70.5 cm³/mol. The highest BCUT2D eigenvalue weighted by Crippen LogP contribution is 2.47. The second-order valence-corrected chi connectivity index (χ2v) is 6.73. The zero-order valence-electron chi connectivity index (χ0n) is 10.1. The predicted octanol–water partition coefficient (Wildman–Crippen LogP) is 1.28. The average Bonchev–Trinajstić information content (AvgIpc) is 3.02. The first kappa shape index (κ1) is 11.5. The van der Waals surface area contributed by atoms with Crippen LogP contribution in [-0.4, -0.2) is 27.7 Å². The summed E-state index contributed by atoms with van der Waals surface area (Å²) < 4.78 is 23.8. The van der Waals surface area contributed by atoms with Crippen LogP contribution in [0.5, 0.6) is 0 Å². The molecule has 1 fully saturated rings. The van der Waals surface area contributed by atoms with Crippen molar-refractivity contribution >= 4 is 21.9 Å². The Kier molecular flexibility index (Phi) is 2.55. The molecule has 0 bridgehead atoms. The lowest BCUT2D eigenvalue weighted by molar-refractivity contribution is 0.600. The van der Waals surface area contributed by atoms with Gasteiger partial charge >= 0.3 is 0 Å². The van der Waals surface area contributed by atoms with Crippen LogP contribution in [0, 0.1) is 0 Å². The summed E-state index contributed by atoms with van der Waals surface area (Å²) in [7, 11) is -3.19.